The Hall–Kier alpha value is -2.49. The van der Waals surface area contributed by atoms with Gasteiger partial charge in [-0.25, -0.2) is 0 Å². The third kappa shape index (κ3) is 5.25. The number of amides is 1. The molecule has 0 aromatic heterocycles. The van der Waals surface area contributed by atoms with Gasteiger partial charge in [0.1, 0.15) is 18.1 Å². The fourth-order valence-electron chi connectivity index (χ4n) is 2.66. The lowest BCUT2D eigenvalue weighted by atomic mass is 10.0. The second-order valence-corrected chi connectivity index (χ2v) is 6.79. The minimum Gasteiger partial charge on any atom is -0.491 e. The van der Waals surface area contributed by atoms with Crippen LogP contribution in [-0.4, -0.2) is 25.2 Å². The summed E-state index contributed by atoms with van der Waals surface area (Å²) in [4.78, 5) is 12.2. The van der Waals surface area contributed by atoms with Gasteiger partial charge in [-0.1, -0.05) is 44.2 Å². The molecular formula is C22H29NO3. The molecular weight excluding hydrogens is 326 g/mol. The Morgan fingerprint density at radius 2 is 1.69 bits per heavy atom. The standard InChI is InChI=1S/C22H29NO3/c1-15(2)19-10-6-7-11-21(19)25-14-13-23-22(24)18(5)26-20-12-8-9-16(3)17(20)4/h6-12,15,18H,13-14H2,1-5H3,(H,23,24). The summed E-state index contributed by atoms with van der Waals surface area (Å²) in [5.74, 6) is 1.87. The monoisotopic (exact) mass is 355 g/mol. The van der Waals surface area contributed by atoms with E-state index in [0.29, 0.717) is 19.1 Å². The topological polar surface area (TPSA) is 47.6 Å². The summed E-state index contributed by atoms with van der Waals surface area (Å²) in [6.45, 7) is 10.9. The Balaban J connectivity index is 1.81. The summed E-state index contributed by atoms with van der Waals surface area (Å²) in [5, 5.41) is 2.87. The van der Waals surface area contributed by atoms with Crippen LogP contribution >= 0.6 is 0 Å². The number of carbonyl (C=O) groups excluding carboxylic acids is 1. The summed E-state index contributed by atoms with van der Waals surface area (Å²) < 4.78 is 11.6. The zero-order valence-corrected chi connectivity index (χ0v) is 16.3. The Morgan fingerprint density at radius 1 is 1.00 bits per heavy atom. The first-order valence-corrected chi connectivity index (χ1v) is 9.12. The average molecular weight is 355 g/mol. The molecule has 4 heteroatoms. The maximum absolute atomic E-state index is 12.2. The summed E-state index contributed by atoms with van der Waals surface area (Å²) in [6, 6.07) is 13.8. The van der Waals surface area contributed by atoms with E-state index in [1.807, 2.05) is 50.2 Å². The van der Waals surface area contributed by atoms with Crippen molar-refractivity contribution < 1.29 is 14.3 Å². The predicted octanol–water partition coefficient (Wildman–Crippen LogP) is 4.39. The molecule has 4 nitrogen and oxygen atoms in total. The van der Waals surface area contributed by atoms with E-state index in [1.54, 1.807) is 6.92 Å². The van der Waals surface area contributed by atoms with Gasteiger partial charge in [-0.2, -0.15) is 0 Å². The van der Waals surface area contributed by atoms with Crippen molar-refractivity contribution in [2.24, 2.45) is 0 Å². The van der Waals surface area contributed by atoms with E-state index in [-0.39, 0.29) is 5.91 Å². The molecule has 0 saturated heterocycles. The maximum Gasteiger partial charge on any atom is 0.260 e. The van der Waals surface area contributed by atoms with Gasteiger partial charge in [-0.05, 0) is 55.5 Å². The van der Waals surface area contributed by atoms with E-state index in [2.05, 4.69) is 25.2 Å². The van der Waals surface area contributed by atoms with Gasteiger partial charge in [0, 0.05) is 0 Å². The van der Waals surface area contributed by atoms with E-state index in [9.17, 15) is 4.79 Å². The van der Waals surface area contributed by atoms with Gasteiger partial charge in [0.25, 0.3) is 5.91 Å². The van der Waals surface area contributed by atoms with Crippen LogP contribution in [0.5, 0.6) is 11.5 Å². The van der Waals surface area contributed by atoms with Crippen LogP contribution in [0, 0.1) is 13.8 Å². The average Bonchev–Trinajstić information content (AvgIpc) is 2.62. The SMILES string of the molecule is Cc1cccc(OC(C)C(=O)NCCOc2ccccc2C(C)C)c1C. The first-order chi connectivity index (χ1) is 12.4. The smallest absolute Gasteiger partial charge is 0.260 e. The van der Waals surface area contributed by atoms with Crippen LogP contribution in [0.25, 0.3) is 0 Å². The number of benzene rings is 2. The molecule has 2 aromatic rings. The lowest BCUT2D eigenvalue weighted by molar-refractivity contribution is -0.127. The zero-order valence-electron chi connectivity index (χ0n) is 16.3. The number of para-hydroxylation sites is 1. The van der Waals surface area contributed by atoms with Crippen LogP contribution in [0.4, 0.5) is 0 Å². The van der Waals surface area contributed by atoms with Crippen LogP contribution in [-0.2, 0) is 4.79 Å². The summed E-state index contributed by atoms with van der Waals surface area (Å²) in [5.41, 5.74) is 3.37. The predicted molar refractivity (Wildman–Crippen MR) is 105 cm³/mol. The molecule has 0 spiro atoms. The number of ether oxygens (including phenoxy) is 2. The van der Waals surface area contributed by atoms with Crippen molar-refractivity contribution in [2.45, 2.75) is 46.6 Å². The van der Waals surface area contributed by atoms with Gasteiger partial charge in [0.15, 0.2) is 6.10 Å². The molecule has 2 aromatic carbocycles. The third-order valence-corrected chi connectivity index (χ3v) is 4.43. The van der Waals surface area contributed by atoms with Gasteiger partial charge in [-0.3, -0.25) is 4.79 Å². The molecule has 1 N–H and O–H groups in total. The fourth-order valence-corrected chi connectivity index (χ4v) is 2.66. The minimum absolute atomic E-state index is 0.147. The summed E-state index contributed by atoms with van der Waals surface area (Å²) in [7, 11) is 0. The van der Waals surface area contributed by atoms with Crippen molar-refractivity contribution in [1.82, 2.24) is 5.32 Å². The number of hydrogen-bond acceptors (Lipinski definition) is 3. The molecule has 0 radical (unpaired) electrons. The second-order valence-electron chi connectivity index (χ2n) is 6.79. The van der Waals surface area contributed by atoms with Crippen molar-refractivity contribution in [2.75, 3.05) is 13.2 Å². The van der Waals surface area contributed by atoms with Gasteiger partial charge >= 0.3 is 0 Å². The molecule has 0 saturated carbocycles. The highest BCUT2D eigenvalue weighted by Crippen LogP contribution is 2.25. The third-order valence-electron chi connectivity index (χ3n) is 4.43. The van der Waals surface area contributed by atoms with Gasteiger partial charge in [0.2, 0.25) is 0 Å². The molecule has 0 heterocycles. The van der Waals surface area contributed by atoms with Crippen molar-refractivity contribution in [3.05, 3.63) is 59.2 Å². The molecule has 2 rings (SSSR count). The van der Waals surface area contributed by atoms with E-state index < -0.39 is 6.10 Å². The van der Waals surface area contributed by atoms with Crippen molar-refractivity contribution in [3.63, 3.8) is 0 Å². The maximum atomic E-state index is 12.2. The zero-order chi connectivity index (χ0) is 19.1. The minimum atomic E-state index is -0.557. The molecule has 0 aliphatic heterocycles. The Morgan fingerprint density at radius 3 is 2.42 bits per heavy atom. The van der Waals surface area contributed by atoms with Crippen LogP contribution in [0.1, 0.15) is 43.4 Å². The van der Waals surface area contributed by atoms with E-state index in [0.717, 1.165) is 22.6 Å². The van der Waals surface area contributed by atoms with E-state index in [1.165, 1.54) is 5.56 Å². The fraction of sp³-hybridized carbons (Fsp3) is 0.409. The first-order valence-electron chi connectivity index (χ1n) is 9.12. The molecule has 0 fully saturated rings. The van der Waals surface area contributed by atoms with Crippen LogP contribution < -0.4 is 14.8 Å². The number of aryl methyl sites for hydroxylation is 1. The Bertz CT molecular complexity index is 740. The second kappa shape index (κ2) is 9.27. The van der Waals surface area contributed by atoms with Gasteiger partial charge in [-0.15, -0.1) is 0 Å². The van der Waals surface area contributed by atoms with E-state index in [4.69, 9.17) is 9.47 Å². The van der Waals surface area contributed by atoms with Crippen molar-refractivity contribution >= 4 is 5.91 Å². The Labute approximate surface area is 156 Å². The molecule has 0 aliphatic carbocycles. The molecule has 1 atom stereocenters. The lowest BCUT2D eigenvalue weighted by Crippen LogP contribution is -2.38. The summed E-state index contributed by atoms with van der Waals surface area (Å²) >= 11 is 0. The van der Waals surface area contributed by atoms with E-state index >= 15 is 0 Å². The first kappa shape index (κ1) is 19.8. The van der Waals surface area contributed by atoms with Gasteiger partial charge in [0.05, 0.1) is 6.54 Å². The molecule has 26 heavy (non-hydrogen) atoms. The highest BCUT2D eigenvalue weighted by atomic mass is 16.5. The Kier molecular flexibility index (Phi) is 7.07. The summed E-state index contributed by atoms with van der Waals surface area (Å²) in [6.07, 6.45) is -0.557. The van der Waals surface area contributed by atoms with Gasteiger partial charge < -0.3 is 14.8 Å². The molecule has 1 amide bonds. The largest absolute Gasteiger partial charge is 0.491 e. The molecule has 0 bridgehead atoms. The lowest BCUT2D eigenvalue weighted by Gasteiger charge is -2.18. The highest BCUT2D eigenvalue weighted by molar-refractivity contribution is 5.80. The normalized spacial score (nSPS) is 11.9. The van der Waals surface area contributed by atoms with Crippen molar-refractivity contribution in [1.29, 1.82) is 0 Å². The number of rotatable bonds is 8. The number of carbonyl (C=O) groups is 1. The van der Waals surface area contributed by atoms with Crippen molar-refractivity contribution in [3.8, 4) is 11.5 Å². The highest BCUT2D eigenvalue weighted by Gasteiger charge is 2.15. The number of hydrogen-bond donors (Lipinski definition) is 1. The van der Waals surface area contributed by atoms with Crippen LogP contribution in [0.15, 0.2) is 42.5 Å². The molecule has 140 valence electrons. The van der Waals surface area contributed by atoms with Crippen LogP contribution in [0.2, 0.25) is 0 Å². The van der Waals surface area contributed by atoms with Crippen LogP contribution in [0.3, 0.4) is 0 Å². The number of nitrogens with one attached hydrogen (secondary N) is 1. The quantitative estimate of drug-likeness (QED) is 0.715. The molecule has 0 aliphatic rings. The molecule has 1 unspecified atom stereocenters.